The van der Waals surface area contributed by atoms with Crippen molar-refractivity contribution in [2.45, 2.75) is 291 Å². The van der Waals surface area contributed by atoms with Crippen molar-refractivity contribution in [2.75, 3.05) is 24.6 Å². The van der Waals surface area contributed by atoms with Gasteiger partial charge in [0.25, 0.3) is 0 Å². The maximum atomic E-state index is 2.34. The molecule has 0 aliphatic carbocycles. The van der Waals surface area contributed by atoms with Gasteiger partial charge < -0.3 is 0 Å². The van der Waals surface area contributed by atoms with E-state index in [0.717, 1.165) is 0 Å². The molecule has 0 aromatic carbocycles. The SMILES string of the molecule is CCCCCCCCCCCCC[PH](CCCCCCCCCCCC)(CCCCCCCCCCCC)CCCCCCCCCCCC. The second-order valence-corrected chi connectivity index (χ2v) is 22.6. The minimum absolute atomic E-state index is 1.16. The van der Waals surface area contributed by atoms with Gasteiger partial charge in [-0.05, 0) is 0 Å². The Hall–Kier alpha value is 0.430. The van der Waals surface area contributed by atoms with E-state index in [1.54, 1.807) is 56.8 Å². The van der Waals surface area contributed by atoms with Crippen LogP contribution in [0.3, 0.4) is 0 Å². The van der Waals surface area contributed by atoms with Crippen molar-refractivity contribution in [1.82, 2.24) is 0 Å². The average molecular weight is 723 g/mol. The minimum atomic E-state index is -1.16. The van der Waals surface area contributed by atoms with Gasteiger partial charge in [-0.2, -0.15) is 0 Å². The number of unbranched alkanes of at least 4 members (excludes halogenated alkanes) is 37. The number of hydrogen-bond acceptors (Lipinski definition) is 0. The Morgan fingerprint density at radius 2 is 0.280 bits per heavy atom. The van der Waals surface area contributed by atoms with Crippen LogP contribution in [0.2, 0.25) is 0 Å². The summed E-state index contributed by atoms with van der Waals surface area (Å²) in [6.07, 6.45) is 68.0. The predicted molar refractivity (Wildman–Crippen MR) is 240 cm³/mol. The molecule has 0 nitrogen and oxygen atoms in total. The first-order chi connectivity index (χ1) is 24.7. The first-order valence-corrected chi connectivity index (χ1v) is 27.6. The third kappa shape index (κ3) is 38.2. The average Bonchev–Trinajstić information content (AvgIpc) is 3.13. The summed E-state index contributed by atoms with van der Waals surface area (Å²) in [7, 11) is -1.16. The Kier molecular flexibility index (Phi) is 44.2. The van der Waals surface area contributed by atoms with Crippen LogP contribution in [0.4, 0.5) is 0 Å². The summed E-state index contributed by atoms with van der Waals surface area (Å²) in [5.74, 6) is 0. The monoisotopic (exact) mass is 723 g/mol. The van der Waals surface area contributed by atoms with Gasteiger partial charge in [-0.25, -0.2) is 0 Å². The van der Waals surface area contributed by atoms with E-state index in [-0.39, 0.29) is 0 Å². The molecule has 304 valence electrons. The van der Waals surface area contributed by atoms with E-state index in [1.807, 2.05) is 0 Å². The summed E-state index contributed by atoms with van der Waals surface area (Å²) in [4.78, 5) is 0. The third-order valence-electron chi connectivity index (χ3n) is 12.5. The molecule has 0 bridgehead atoms. The molecule has 0 rings (SSSR count). The summed E-state index contributed by atoms with van der Waals surface area (Å²) in [5.41, 5.74) is 0. The van der Waals surface area contributed by atoms with Crippen molar-refractivity contribution in [3.8, 4) is 0 Å². The zero-order valence-corrected chi connectivity index (χ0v) is 37.3. The van der Waals surface area contributed by atoms with Crippen LogP contribution in [0, 0.1) is 0 Å². The molecule has 0 aliphatic rings. The van der Waals surface area contributed by atoms with Crippen LogP contribution >= 0.6 is 7.26 Å². The van der Waals surface area contributed by atoms with E-state index in [9.17, 15) is 0 Å². The molecular formula is C49H103P. The Bertz CT molecular complexity index is 524. The van der Waals surface area contributed by atoms with E-state index in [4.69, 9.17) is 0 Å². The quantitative estimate of drug-likeness (QED) is 0.0434. The van der Waals surface area contributed by atoms with E-state index in [2.05, 4.69) is 27.7 Å². The summed E-state index contributed by atoms with van der Waals surface area (Å²) < 4.78 is 0. The Balaban J connectivity index is 4.87. The van der Waals surface area contributed by atoms with E-state index in [1.165, 1.54) is 231 Å². The first-order valence-electron chi connectivity index (χ1n) is 24.7. The van der Waals surface area contributed by atoms with Gasteiger partial charge in [0.15, 0.2) is 0 Å². The Labute approximate surface area is 321 Å². The molecule has 0 amide bonds. The molecule has 0 saturated heterocycles. The standard InChI is InChI=1S/C49H103P/c1-5-9-13-17-21-25-29-33-37-41-45-49-50(46-42-38-34-30-26-22-18-14-10-6-2,47-43-39-35-31-27-23-19-15-11-7-3)48-44-40-36-32-28-24-20-16-12-8-4/h50H,5-49H2,1-4H3. The molecule has 1 heteroatoms. The van der Waals surface area contributed by atoms with Gasteiger partial charge in [-0.15, -0.1) is 0 Å². The predicted octanol–water partition coefficient (Wildman–Crippen LogP) is 18.8. The van der Waals surface area contributed by atoms with Crippen molar-refractivity contribution in [2.24, 2.45) is 0 Å². The van der Waals surface area contributed by atoms with Crippen LogP contribution in [-0.4, -0.2) is 24.6 Å². The molecule has 50 heavy (non-hydrogen) atoms. The fourth-order valence-electron chi connectivity index (χ4n) is 8.88. The van der Waals surface area contributed by atoms with Crippen LogP contribution in [0.1, 0.15) is 291 Å². The van der Waals surface area contributed by atoms with Crippen molar-refractivity contribution in [1.29, 1.82) is 0 Å². The molecule has 0 fully saturated rings. The van der Waals surface area contributed by atoms with Crippen molar-refractivity contribution < 1.29 is 0 Å². The normalized spacial score (nSPS) is 12.3. The van der Waals surface area contributed by atoms with E-state index in [0.29, 0.717) is 0 Å². The first kappa shape index (κ1) is 50.4. The summed E-state index contributed by atoms with van der Waals surface area (Å²) in [6, 6.07) is 0. The van der Waals surface area contributed by atoms with E-state index >= 15 is 0 Å². The molecule has 0 spiro atoms. The fraction of sp³-hybridized carbons (Fsp3) is 1.00. The van der Waals surface area contributed by atoms with Crippen LogP contribution in [0.25, 0.3) is 0 Å². The second-order valence-electron chi connectivity index (χ2n) is 17.6. The number of rotatable bonds is 45. The molecule has 0 radical (unpaired) electrons. The van der Waals surface area contributed by atoms with Crippen LogP contribution in [0.15, 0.2) is 0 Å². The molecular weight excluding hydrogens is 620 g/mol. The van der Waals surface area contributed by atoms with Crippen molar-refractivity contribution in [3.63, 3.8) is 0 Å². The van der Waals surface area contributed by atoms with Crippen LogP contribution in [-0.2, 0) is 0 Å². The summed E-state index contributed by atoms with van der Waals surface area (Å²) in [5, 5.41) is 0. The van der Waals surface area contributed by atoms with Crippen molar-refractivity contribution >= 4 is 7.26 Å². The topological polar surface area (TPSA) is 0 Å². The van der Waals surface area contributed by atoms with E-state index < -0.39 is 7.26 Å². The fourth-order valence-corrected chi connectivity index (χ4v) is 14.4. The van der Waals surface area contributed by atoms with Gasteiger partial charge in [0.05, 0.1) is 0 Å². The maximum absolute atomic E-state index is 2.34. The van der Waals surface area contributed by atoms with Gasteiger partial charge in [0.2, 0.25) is 0 Å². The molecule has 0 N–H and O–H groups in total. The van der Waals surface area contributed by atoms with Gasteiger partial charge in [-0.3, -0.25) is 0 Å². The van der Waals surface area contributed by atoms with Gasteiger partial charge in [0, 0.05) is 0 Å². The Morgan fingerprint density at radius 1 is 0.160 bits per heavy atom. The van der Waals surface area contributed by atoms with Gasteiger partial charge in [0.1, 0.15) is 0 Å². The van der Waals surface area contributed by atoms with Crippen LogP contribution < -0.4 is 0 Å². The molecule has 0 aromatic heterocycles. The molecule has 0 heterocycles. The zero-order valence-electron chi connectivity index (χ0n) is 36.3. The molecule has 0 saturated carbocycles. The third-order valence-corrected chi connectivity index (χ3v) is 18.1. The van der Waals surface area contributed by atoms with Gasteiger partial charge >= 0.3 is 316 Å². The molecule has 0 unspecified atom stereocenters. The Morgan fingerprint density at radius 3 is 0.420 bits per heavy atom. The second kappa shape index (κ2) is 43.8. The molecule has 0 atom stereocenters. The molecule has 0 aliphatic heterocycles. The summed E-state index contributed by atoms with van der Waals surface area (Å²) in [6.45, 7) is 9.36. The number of hydrogen-bond donors (Lipinski definition) is 0. The van der Waals surface area contributed by atoms with Crippen LogP contribution in [0.5, 0.6) is 0 Å². The molecule has 0 aromatic rings. The zero-order chi connectivity index (χ0) is 36.3. The summed E-state index contributed by atoms with van der Waals surface area (Å²) >= 11 is 0. The van der Waals surface area contributed by atoms with Crippen molar-refractivity contribution in [3.05, 3.63) is 0 Å². The van der Waals surface area contributed by atoms with Gasteiger partial charge in [-0.1, -0.05) is 6.92 Å².